The SMILES string of the molecule is CCOCC(=O)NCc1csc(C)n1. The van der Waals surface area contributed by atoms with E-state index in [-0.39, 0.29) is 12.5 Å². The van der Waals surface area contributed by atoms with Gasteiger partial charge >= 0.3 is 0 Å². The normalized spacial score (nSPS) is 10.1. The Bertz CT molecular complexity index is 299. The highest BCUT2D eigenvalue weighted by atomic mass is 32.1. The molecule has 0 aliphatic rings. The molecule has 0 fully saturated rings. The van der Waals surface area contributed by atoms with Crippen LogP contribution in [-0.2, 0) is 16.1 Å². The van der Waals surface area contributed by atoms with Crippen LogP contribution in [0.4, 0.5) is 0 Å². The van der Waals surface area contributed by atoms with Gasteiger partial charge in [0, 0.05) is 12.0 Å². The van der Waals surface area contributed by atoms with Crippen molar-refractivity contribution in [2.45, 2.75) is 20.4 Å². The fourth-order valence-corrected chi connectivity index (χ4v) is 1.54. The van der Waals surface area contributed by atoms with E-state index in [0.717, 1.165) is 10.7 Å². The molecule has 1 heterocycles. The van der Waals surface area contributed by atoms with Crippen LogP contribution in [0, 0.1) is 6.92 Å². The molecule has 0 aromatic carbocycles. The number of nitrogens with one attached hydrogen (secondary N) is 1. The van der Waals surface area contributed by atoms with Crippen molar-refractivity contribution < 1.29 is 9.53 Å². The Balaban J connectivity index is 2.23. The number of rotatable bonds is 5. The van der Waals surface area contributed by atoms with E-state index in [9.17, 15) is 4.79 Å². The number of aromatic nitrogens is 1. The van der Waals surface area contributed by atoms with Crippen molar-refractivity contribution in [2.75, 3.05) is 13.2 Å². The van der Waals surface area contributed by atoms with E-state index < -0.39 is 0 Å². The summed E-state index contributed by atoms with van der Waals surface area (Å²) in [5.41, 5.74) is 0.900. The monoisotopic (exact) mass is 214 g/mol. The maximum Gasteiger partial charge on any atom is 0.246 e. The van der Waals surface area contributed by atoms with Gasteiger partial charge in [-0.15, -0.1) is 11.3 Å². The number of carbonyl (C=O) groups excluding carboxylic acids is 1. The highest BCUT2D eigenvalue weighted by Gasteiger charge is 2.02. The molecule has 1 aromatic rings. The van der Waals surface area contributed by atoms with E-state index in [1.807, 2.05) is 19.2 Å². The van der Waals surface area contributed by atoms with Gasteiger partial charge in [-0.2, -0.15) is 0 Å². The summed E-state index contributed by atoms with van der Waals surface area (Å²) in [5, 5.41) is 5.68. The summed E-state index contributed by atoms with van der Waals surface area (Å²) in [6.45, 7) is 4.96. The molecule has 1 amide bonds. The fourth-order valence-electron chi connectivity index (χ4n) is 0.924. The number of hydrogen-bond acceptors (Lipinski definition) is 4. The highest BCUT2D eigenvalue weighted by molar-refractivity contribution is 7.09. The van der Waals surface area contributed by atoms with Gasteiger partial charge in [0.25, 0.3) is 0 Å². The summed E-state index contributed by atoms with van der Waals surface area (Å²) in [6.07, 6.45) is 0. The molecule has 0 bridgehead atoms. The van der Waals surface area contributed by atoms with Crippen LogP contribution >= 0.6 is 11.3 Å². The van der Waals surface area contributed by atoms with Crippen molar-refractivity contribution in [1.29, 1.82) is 0 Å². The molecule has 14 heavy (non-hydrogen) atoms. The number of thiazole rings is 1. The maximum absolute atomic E-state index is 11.1. The second kappa shape index (κ2) is 5.72. The molecule has 78 valence electrons. The lowest BCUT2D eigenvalue weighted by atomic mass is 10.4. The molecule has 0 radical (unpaired) electrons. The number of nitrogens with zero attached hydrogens (tertiary/aromatic N) is 1. The molecule has 0 saturated heterocycles. The Hall–Kier alpha value is -0.940. The molecule has 0 unspecified atom stereocenters. The van der Waals surface area contributed by atoms with E-state index >= 15 is 0 Å². The van der Waals surface area contributed by atoms with Crippen LogP contribution in [0.3, 0.4) is 0 Å². The molecule has 0 aliphatic heterocycles. The minimum Gasteiger partial charge on any atom is -0.372 e. The summed E-state index contributed by atoms with van der Waals surface area (Å²) >= 11 is 1.58. The van der Waals surface area contributed by atoms with Gasteiger partial charge < -0.3 is 10.1 Å². The lowest BCUT2D eigenvalue weighted by molar-refractivity contribution is -0.125. The van der Waals surface area contributed by atoms with Gasteiger partial charge in [-0.25, -0.2) is 4.98 Å². The van der Waals surface area contributed by atoms with Gasteiger partial charge in [0.1, 0.15) is 6.61 Å². The van der Waals surface area contributed by atoms with Crippen molar-refractivity contribution >= 4 is 17.2 Å². The third kappa shape index (κ3) is 3.85. The third-order valence-corrected chi connectivity index (χ3v) is 2.39. The first-order valence-corrected chi connectivity index (χ1v) is 5.35. The summed E-state index contributed by atoms with van der Waals surface area (Å²) in [7, 11) is 0. The Morgan fingerprint density at radius 2 is 2.50 bits per heavy atom. The Morgan fingerprint density at radius 1 is 1.71 bits per heavy atom. The minimum atomic E-state index is -0.0995. The predicted octanol–water partition coefficient (Wildman–Crippen LogP) is 1.10. The van der Waals surface area contributed by atoms with Crippen molar-refractivity contribution in [2.24, 2.45) is 0 Å². The van der Waals surface area contributed by atoms with Crippen molar-refractivity contribution in [1.82, 2.24) is 10.3 Å². The number of carbonyl (C=O) groups is 1. The largest absolute Gasteiger partial charge is 0.372 e. The predicted molar refractivity (Wildman–Crippen MR) is 55.2 cm³/mol. The number of aryl methyl sites for hydroxylation is 1. The smallest absolute Gasteiger partial charge is 0.246 e. The minimum absolute atomic E-state index is 0.0995. The van der Waals surface area contributed by atoms with Gasteiger partial charge in [0.2, 0.25) is 5.91 Å². The van der Waals surface area contributed by atoms with Crippen molar-refractivity contribution in [3.05, 3.63) is 16.1 Å². The maximum atomic E-state index is 11.1. The number of hydrogen-bond donors (Lipinski definition) is 1. The van der Waals surface area contributed by atoms with Crippen LogP contribution in [0.1, 0.15) is 17.6 Å². The van der Waals surface area contributed by atoms with Crippen molar-refractivity contribution in [3.63, 3.8) is 0 Å². The first-order valence-electron chi connectivity index (χ1n) is 4.47. The van der Waals surface area contributed by atoms with Crippen molar-refractivity contribution in [3.8, 4) is 0 Å². The Morgan fingerprint density at radius 3 is 3.07 bits per heavy atom. The average molecular weight is 214 g/mol. The summed E-state index contributed by atoms with van der Waals surface area (Å²) in [6, 6.07) is 0. The second-order valence-corrected chi connectivity index (χ2v) is 3.83. The zero-order valence-corrected chi connectivity index (χ0v) is 9.19. The zero-order chi connectivity index (χ0) is 10.4. The molecule has 1 aromatic heterocycles. The van der Waals surface area contributed by atoms with E-state index in [4.69, 9.17) is 4.74 Å². The molecule has 0 spiro atoms. The average Bonchev–Trinajstić information content (AvgIpc) is 2.58. The Kier molecular flexibility index (Phi) is 4.55. The van der Waals surface area contributed by atoms with Gasteiger partial charge in [-0.1, -0.05) is 0 Å². The first kappa shape index (κ1) is 11.1. The summed E-state index contributed by atoms with van der Waals surface area (Å²) in [5.74, 6) is -0.0995. The van der Waals surface area contributed by atoms with E-state index in [2.05, 4.69) is 10.3 Å². The Labute approximate surface area is 87.3 Å². The molecule has 0 saturated carbocycles. The first-order chi connectivity index (χ1) is 6.72. The molecule has 0 atom stereocenters. The van der Waals surface area contributed by atoms with Gasteiger partial charge in [0.15, 0.2) is 0 Å². The summed E-state index contributed by atoms with van der Waals surface area (Å²) in [4.78, 5) is 15.3. The van der Waals surface area contributed by atoms with Crippen LogP contribution in [0.25, 0.3) is 0 Å². The lowest BCUT2D eigenvalue weighted by Gasteiger charge is -2.02. The number of amides is 1. The topological polar surface area (TPSA) is 51.2 Å². The zero-order valence-electron chi connectivity index (χ0n) is 8.37. The van der Waals surface area contributed by atoms with Gasteiger partial charge in [-0.05, 0) is 13.8 Å². The van der Waals surface area contributed by atoms with Gasteiger partial charge in [0.05, 0.1) is 17.2 Å². The van der Waals surface area contributed by atoms with Crippen LogP contribution in [0.15, 0.2) is 5.38 Å². The molecule has 1 N–H and O–H groups in total. The third-order valence-electron chi connectivity index (χ3n) is 1.57. The summed E-state index contributed by atoms with van der Waals surface area (Å²) < 4.78 is 4.96. The molecule has 1 rings (SSSR count). The molecule has 0 aliphatic carbocycles. The van der Waals surface area contributed by atoms with Crippen LogP contribution in [-0.4, -0.2) is 24.1 Å². The highest BCUT2D eigenvalue weighted by Crippen LogP contribution is 2.06. The molecular weight excluding hydrogens is 200 g/mol. The second-order valence-electron chi connectivity index (χ2n) is 2.77. The van der Waals surface area contributed by atoms with Gasteiger partial charge in [-0.3, -0.25) is 4.79 Å². The van der Waals surface area contributed by atoms with Crippen LogP contribution < -0.4 is 5.32 Å². The fraction of sp³-hybridized carbons (Fsp3) is 0.556. The van der Waals surface area contributed by atoms with Crippen LogP contribution in [0.2, 0.25) is 0 Å². The van der Waals surface area contributed by atoms with E-state index in [1.54, 1.807) is 11.3 Å². The van der Waals surface area contributed by atoms with Crippen LogP contribution in [0.5, 0.6) is 0 Å². The molecule has 4 nitrogen and oxygen atoms in total. The standard InChI is InChI=1S/C9H14N2O2S/c1-3-13-5-9(12)10-4-8-6-14-7(2)11-8/h6H,3-5H2,1-2H3,(H,10,12). The molecular formula is C9H14N2O2S. The number of ether oxygens (including phenoxy) is 1. The van der Waals surface area contributed by atoms with E-state index in [0.29, 0.717) is 13.2 Å². The van der Waals surface area contributed by atoms with E-state index in [1.165, 1.54) is 0 Å². The molecule has 5 heteroatoms. The quantitative estimate of drug-likeness (QED) is 0.798. The lowest BCUT2D eigenvalue weighted by Crippen LogP contribution is -2.27.